The Kier molecular flexibility index (Phi) is 6.84. The smallest absolute Gasteiger partial charge is 0.233 e. The van der Waals surface area contributed by atoms with Crippen LogP contribution in [-0.2, 0) is 4.79 Å². The molecule has 3 rings (SSSR count). The van der Waals surface area contributed by atoms with Gasteiger partial charge in [-0.05, 0) is 62.4 Å². The summed E-state index contributed by atoms with van der Waals surface area (Å²) in [5, 5.41) is 3.03. The third-order valence-corrected chi connectivity index (χ3v) is 6.31. The molecule has 1 saturated heterocycles. The van der Waals surface area contributed by atoms with E-state index >= 15 is 0 Å². The Bertz CT molecular complexity index is 732. The molecule has 0 bridgehead atoms. The van der Waals surface area contributed by atoms with Gasteiger partial charge in [0, 0.05) is 23.7 Å². The van der Waals surface area contributed by atoms with E-state index < -0.39 is 0 Å². The topological polar surface area (TPSA) is 32.3 Å². The van der Waals surface area contributed by atoms with Crippen LogP contribution in [0.25, 0.3) is 0 Å². The Hall–Kier alpha value is -1.94. The van der Waals surface area contributed by atoms with Crippen molar-refractivity contribution in [3.8, 4) is 0 Å². The molecular weight excluding hydrogens is 352 g/mol. The number of anilines is 1. The van der Waals surface area contributed by atoms with Gasteiger partial charge in [0.05, 0.1) is 11.3 Å². The van der Waals surface area contributed by atoms with E-state index in [1.54, 1.807) is 11.8 Å². The second-order valence-corrected chi connectivity index (χ2v) is 9.00. The third-order valence-electron chi connectivity index (χ3n) is 5.20. The second-order valence-electron chi connectivity index (χ2n) is 7.59. The number of piperidine rings is 1. The van der Waals surface area contributed by atoms with Crippen molar-refractivity contribution in [2.45, 2.75) is 49.8 Å². The fourth-order valence-corrected chi connectivity index (χ4v) is 4.47. The van der Waals surface area contributed by atoms with Crippen molar-refractivity contribution in [3.05, 3.63) is 60.2 Å². The number of nitrogens with one attached hydrogen (secondary N) is 1. The predicted molar refractivity (Wildman–Crippen MR) is 115 cm³/mol. The van der Waals surface area contributed by atoms with Gasteiger partial charge >= 0.3 is 0 Å². The summed E-state index contributed by atoms with van der Waals surface area (Å²) >= 11 is 1.59. The summed E-state index contributed by atoms with van der Waals surface area (Å²) < 4.78 is 0. The van der Waals surface area contributed by atoms with E-state index in [1.807, 2.05) is 37.3 Å². The normalized spacial score (nSPS) is 19.4. The minimum absolute atomic E-state index is 0.00523. The highest BCUT2D eigenvalue weighted by atomic mass is 32.2. The second kappa shape index (κ2) is 9.32. The number of hydrogen-bond donors (Lipinski definition) is 1. The Labute approximate surface area is 167 Å². The van der Waals surface area contributed by atoms with Crippen LogP contribution in [0.15, 0.2) is 59.5 Å². The molecular formula is C23H30N2OS. The van der Waals surface area contributed by atoms with Crippen molar-refractivity contribution in [3.63, 3.8) is 0 Å². The summed E-state index contributed by atoms with van der Waals surface area (Å²) in [6, 6.07) is 18.8. The van der Waals surface area contributed by atoms with Crippen LogP contribution in [0.1, 0.15) is 45.2 Å². The zero-order valence-electron chi connectivity index (χ0n) is 16.5. The first-order chi connectivity index (χ1) is 13.0. The number of hydrogen-bond acceptors (Lipinski definition) is 3. The lowest BCUT2D eigenvalue weighted by Crippen LogP contribution is -2.34. The summed E-state index contributed by atoms with van der Waals surface area (Å²) in [4.78, 5) is 16.1. The highest BCUT2D eigenvalue weighted by Gasteiger charge is 2.19. The third kappa shape index (κ3) is 5.52. The molecule has 1 heterocycles. The van der Waals surface area contributed by atoms with Gasteiger partial charge in [0.2, 0.25) is 5.91 Å². The number of carbonyl (C=O) groups is 1. The standard InChI is InChI=1S/C23H30N2OS/c1-17-8-7-15-25(16-17)21-13-11-20(12-14-21)18(2)24-23(26)19(3)27-22-9-5-4-6-10-22/h4-6,9-14,17-19H,7-8,15-16H2,1-3H3,(H,24,26)/t17-,18-,19-/m1/s1. The van der Waals surface area contributed by atoms with Gasteiger partial charge in [-0.15, -0.1) is 11.8 Å². The van der Waals surface area contributed by atoms with Gasteiger partial charge in [0.1, 0.15) is 0 Å². The highest BCUT2D eigenvalue weighted by molar-refractivity contribution is 8.00. The molecule has 27 heavy (non-hydrogen) atoms. The van der Waals surface area contributed by atoms with Gasteiger partial charge in [-0.25, -0.2) is 0 Å². The van der Waals surface area contributed by atoms with E-state index in [-0.39, 0.29) is 17.2 Å². The van der Waals surface area contributed by atoms with E-state index in [0.717, 1.165) is 29.5 Å². The number of nitrogens with zero attached hydrogens (tertiary/aromatic N) is 1. The molecule has 1 aliphatic rings. The molecule has 1 N–H and O–H groups in total. The average molecular weight is 383 g/mol. The maximum absolute atomic E-state index is 12.5. The molecule has 1 amide bonds. The van der Waals surface area contributed by atoms with E-state index in [1.165, 1.54) is 18.5 Å². The molecule has 2 aromatic carbocycles. The molecule has 3 nitrogen and oxygen atoms in total. The van der Waals surface area contributed by atoms with Crippen LogP contribution in [0.5, 0.6) is 0 Å². The van der Waals surface area contributed by atoms with Crippen LogP contribution in [0, 0.1) is 5.92 Å². The summed E-state index contributed by atoms with van der Waals surface area (Å²) in [6.07, 6.45) is 2.60. The van der Waals surface area contributed by atoms with Crippen molar-refractivity contribution in [1.29, 1.82) is 0 Å². The van der Waals surface area contributed by atoms with Gasteiger partial charge in [-0.2, -0.15) is 0 Å². The van der Waals surface area contributed by atoms with Crippen molar-refractivity contribution < 1.29 is 4.79 Å². The lowest BCUT2D eigenvalue weighted by molar-refractivity contribution is -0.120. The number of thioether (sulfide) groups is 1. The molecule has 0 unspecified atom stereocenters. The van der Waals surface area contributed by atoms with E-state index in [2.05, 4.69) is 48.3 Å². The Morgan fingerprint density at radius 2 is 1.81 bits per heavy atom. The molecule has 0 spiro atoms. The van der Waals surface area contributed by atoms with Crippen LogP contribution in [0.4, 0.5) is 5.69 Å². The van der Waals surface area contributed by atoms with Crippen molar-refractivity contribution in [1.82, 2.24) is 5.32 Å². The first-order valence-corrected chi connectivity index (χ1v) is 10.8. The number of rotatable bonds is 6. The van der Waals surface area contributed by atoms with Crippen LogP contribution in [0.2, 0.25) is 0 Å². The Morgan fingerprint density at radius 3 is 2.48 bits per heavy atom. The fraction of sp³-hybridized carbons (Fsp3) is 0.435. The molecule has 0 aliphatic carbocycles. The lowest BCUT2D eigenvalue weighted by atomic mass is 9.99. The van der Waals surface area contributed by atoms with Crippen LogP contribution >= 0.6 is 11.8 Å². The summed E-state index contributed by atoms with van der Waals surface area (Å²) in [5.74, 6) is 0.838. The van der Waals surface area contributed by atoms with Gasteiger partial charge in [-0.3, -0.25) is 4.79 Å². The number of amides is 1. The summed E-state index contributed by atoms with van der Waals surface area (Å²) in [5.41, 5.74) is 2.44. The molecule has 1 fully saturated rings. The van der Waals surface area contributed by atoms with Gasteiger partial charge in [-0.1, -0.05) is 37.3 Å². The molecule has 0 aromatic heterocycles. The monoisotopic (exact) mass is 382 g/mol. The fourth-order valence-electron chi connectivity index (χ4n) is 3.57. The van der Waals surface area contributed by atoms with Crippen LogP contribution < -0.4 is 10.2 Å². The zero-order chi connectivity index (χ0) is 19.2. The first kappa shape index (κ1) is 19.8. The molecule has 1 aliphatic heterocycles. The Balaban J connectivity index is 1.55. The average Bonchev–Trinajstić information content (AvgIpc) is 2.69. The van der Waals surface area contributed by atoms with E-state index in [9.17, 15) is 4.79 Å². The maximum Gasteiger partial charge on any atom is 0.233 e. The molecule has 0 saturated carbocycles. The molecule has 3 atom stereocenters. The predicted octanol–water partition coefficient (Wildman–Crippen LogP) is 5.28. The molecule has 0 radical (unpaired) electrons. The zero-order valence-corrected chi connectivity index (χ0v) is 17.3. The maximum atomic E-state index is 12.5. The van der Waals surface area contributed by atoms with E-state index in [4.69, 9.17) is 0 Å². The van der Waals surface area contributed by atoms with Gasteiger partial charge in [0.15, 0.2) is 0 Å². The van der Waals surface area contributed by atoms with E-state index in [0.29, 0.717) is 0 Å². The first-order valence-electron chi connectivity index (χ1n) is 9.90. The number of carbonyl (C=O) groups excluding carboxylic acids is 1. The minimum Gasteiger partial charge on any atom is -0.371 e. The highest BCUT2D eigenvalue weighted by Crippen LogP contribution is 2.26. The lowest BCUT2D eigenvalue weighted by Gasteiger charge is -2.33. The summed E-state index contributed by atoms with van der Waals surface area (Å²) in [7, 11) is 0. The Morgan fingerprint density at radius 1 is 1.11 bits per heavy atom. The van der Waals surface area contributed by atoms with Crippen LogP contribution in [0.3, 0.4) is 0 Å². The van der Waals surface area contributed by atoms with Gasteiger partial charge in [0.25, 0.3) is 0 Å². The van der Waals surface area contributed by atoms with Crippen molar-refractivity contribution in [2.24, 2.45) is 5.92 Å². The molecule has 2 aromatic rings. The van der Waals surface area contributed by atoms with Gasteiger partial charge < -0.3 is 10.2 Å². The largest absolute Gasteiger partial charge is 0.371 e. The van der Waals surface area contributed by atoms with Crippen molar-refractivity contribution in [2.75, 3.05) is 18.0 Å². The van der Waals surface area contributed by atoms with Crippen molar-refractivity contribution >= 4 is 23.4 Å². The van der Waals surface area contributed by atoms with Crippen LogP contribution in [-0.4, -0.2) is 24.2 Å². The summed E-state index contributed by atoms with van der Waals surface area (Å²) in [6.45, 7) is 8.62. The quantitative estimate of drug-likeness (QED) is 0.690. The molecule has 144 valence electrons. The molecule has 4 heteroatoms. The number of benzene rings is 2. The SMILES string of the molecule is C[C@@H]1CCCN(c2ccc([C@@H](C)NC(=O)[C@@H](C)Sc3ccccc3)cc2)C1. The minimum atomic E-state index is -0.121.